The molecule has 0 aliphatic heterocycles. The van der Waals surface area contributed by atoms with Crippen molar-refractivity contribution >= 4 is 33.8 Å². The number of hydrogen-bond acceptors (Lipinski definition) is 3. The molecule has 1 aliphatic rings. The fourth-order valence-corrected chi connectivity index (χ4v) is 3.78. The van der Waals surface area contributed by atoms with E-state index in [2.05, 4.69) is 10.1 Å². The molecule has 5 nitrogen and oxygen atoms in total. The van der Waals surface area contributed by atoms with Gasteiger partial charge in [0.25, 0.3) is 5.56 Å². The zero-order valence-electron chi connectivity index (χ0n) is 13.6. The molecule has 4 aromatic rings. The van der Waals surface area contributed by atoms with Crippen molar-refractivity contribution in [3.05, 3.63) is 74.9 Å². The fourth-order valence-electron chi connectivity index (χ4n) is 3.65. The number of halogens is 2. The third kappa shape index (κ3) is 2.02. The van der Waals surface area contributed by atoms with Crippen molar-refractivity contribution in [2.75, 3.05) is 5.73 Å². The number of hydrogen-bond donors (Lipinski definition) is 2. The third-order valence-corrected chi connectivity index (χ3v) is 5.43. The summed E-state index contributed by atoms with van der Waals surface area (Å²) in [6.45, 7) is 0. The molecule has 3 N–H and O–H groups in total. The van der Waals surface area contributed by atoms with Crippen LogP contribution in [0.3, 0.4) is 0 Å². The second kappa shape index (κ2) is 5.08. The first-order valence-electron chi connectivity index (χ1n) is 8.26. The van der Waals surface area contributed by atoms with E-state index >= 15 is 0 Å². The molecule has 2 aromatic carbocycles. The highest BCUT2D eigenvalue weighted by molar-refractivity contribution is 6.30. The van der Waals surface area contributed by atoms with Gasteiger partial charge in [0.05, 0.1) is 22.3 Å². The maximum atomic E-state index is 13.5. The SMILES string of the molecule is Nc1c(C2(c3ccc(Cl)cc3)CC2)nn2c(=O)c3cc(F)ccc3[nH]c12. The number of aromatic nitrogens is 3. The molecule has 1 aliphatic carbocycles. The van der Waals surface area contributed by atoms with Crippen molar-refractivity contribution in [3.63, 3.8) is 0 Å². The normalized spacial score (nSPS) is 15.6. The van der Waals surface area contributed by atoms with Crippen LogP contribution >= 0.6 is 11.6 Å². The highest BCUT2D eigenvalue weighted by Gasteiger charge is 2.49. The zero-order chi connectivity index (χ0) is 18.1. The molecule has 2 aromatic heterocycles. The van der Waals surface area contributed by atoms with E-state index in [1.807, 2.05) is 24.3 Å². The van der Waals surface area contributed by atoms with Gasteiger partial charge in [0, 0.05) is 10.4 Å². The molecule has 1 fully saturated rings. The summed E-state index contributed by atoms with van der Waals surface area (Å²) in [5.41, 5.74) is 8.82. The molecule has 0 unspecified atom stereocenters. The lowest BCUT2D eigenvalue weighted by molar-refractivity contribution is 0.629. The van der Waals surface area contributed by atoms with Gasteiger partial charge in [-0.2, -0.15) is 9.61 Å². The first-order chi connectivity index (χ1) is 12.5. The largest absolute Gasteiger partial charge is 0.394 e. The lowest BCUT2D eigenvalue weighted by Crippen LogP contribution is -2.17. The maximum absolute atomic E-state index is 13.5. The molecule has 0 amide bonds. The fraction of sp³-hybridized carbons (Fsp3) is 0.158. The molecule has 7 heteroatoms. The van der Waals surface area contributed by atoms with Crippen LogP contribution in [0.5, 0.6) is 0 Å². The van der Waals surface area contributed by atoms with Crippen LogP contribution in [0.2, 0.25) is 5.02 Å². The predicted octanol–water partition coefficient (Wildman–Crippen LogP) is 3.63. The Morgan fingerprint density at radius 2 is 1.92 bits per heavy atom. The molecule has 130 valence electrons. The van der Waals surface area contributed by atoms with E-state index in [4.69, 9.17) is 17.3 Å². The number of rotatable bonds is 2. The molecular weight excluding hydrogens is 355 g/mol. The average molecular weight is 369 g/mol. The van der Waals surface area contributed by atoms with E-state index in [9.17, 15) is 9.18 Å². The van der Waals surface area contributed by atoms with Gasteiger partial charge in [0.1, 0.15) is 5.82 Å². The van der Waals surface area contributed by atoms with Crippen LogP contribution < -0.4 is 11.3 Å². The second-order valence-electron chi connectivity index (χ2n) is 6.73. The lowest BCUT2D eigenvalue weighted by atomic mass is 9.92. The number of nitrogens with zero attached hydrogens (tertiary/aromatic N) is 2. The van der Waals surface area contributed by atoms with Crippen molar-refractivity contribution in [3.8, 4) is 0 Å². The number of fused-ring (bicyclic) bond motifs is 2. The Morgan fingerprint density at radius 1 is 1.19 bits per heavy atom. The van der Waals surface area contributed by atoms with Crippen molar-refractivity contribution in [2.45, 2.75) is 18.3 Å². The van der Waals surface area contributed by atoms with Crippen LogP contribution in [0.4, 0.5) is 10.1 Å². The van der Waals surface area contributed by atoms with Crippen LogP contribution in [0.15, 0.2) is 47.3 Å². The summed E-state index contributed by atoms with van der Waals surface area (Å²) in [5, 5.41) is 5.42. The maximum Gasteiger partial charge on any atom is 0.282 e. The van der Waals surface area contributed by atoms with Crippen LogP contribution in [-0.4, -0.2) is 14.6 Å². The number of anilines is 1. The van der Waals surface area contributed by atoms with Gasteiger partial charge in [-0.25, -0.2) is 4.39 Å². The van der Waals surface area contributed by atoms with Crippen molar-refractivity contribution in [1.82, 2.24) is 14.6 Å². The van der Waals surface area contributed by atoms with Gasteiger partial charge in [0.2, 0.25) is 0 Å². The highest BCUT2D eigenvalue weighted by Crippen LogP contribution is 2.55. The second-order valence-corrected chi connectivity index (χ2v) is 7.17. The average Bonchev–Trinajstić information content (AvgIpc) is 3.36. The Hall–Kier alpha value is -2.86. The van der Waals surface area contributed by atoms with Gasteiger partial charge in [-0.15, -0.1) is 0 Å². The molecule has 5 rings (SSSR count). The smallest absolute Gasteiger partial charge is 0.282 e. The van der Waals surface area contributed by atoms with Crippen molar-refractivity contribution < 1.29 is 4.39 Å². The number of benzene rings is 2. The van der Waals surface area contributed by atoms with Gasteiger partial charge in [0.15, 0.2) is 5.65 Å². The molecule has 0 radical (unpaired) electrons. The predicted molar refractivity (Wildman–Crippen MR) is 99.2 cm³/mol. The molecule has 0 saturated heterocycles. The van der Waals surface area contributed by atoms with E-state index < -0.39 is 11.4 Å². The van der Waals surface area contributed by atoms with E-state index in [0.717, 1.165) is 18.4 Å². The van der Waals surface area contributed by atoms with Crippen LogP contribution in [0.1, 0.15) is 24.1 Å². The van der Waals surface area contributed by atoms with E-state index in [-0.39, 0.29) is 10.8 Å². The van der Waals surface area contributed by atoms with E-state index in [1.165, 1.54) is 22.7 Å². The molecule has 0 bridgehead atoms. The van der Waals surface area contributed by atoms with Crippen LogP contribution in [-0.2, 0) is 5.41 Å². The Balaban J connectivity index is 1.78. The first-order valence-corrected chi connectivity index (χ1v) is 8.64. The summed E-state index contributed by atoms with van der Waals surface area (Å²) in [4.78, 5) is 15.9. The summed E-state index contributed by atoms with van der Waals surface area (Å²) >= 11 is 6.00. The number of nitrogens with two attached hydrogens (primary N) is 1. The first kappa shape index (κ1) is 15.4. The molecule has 0 spiro atoms. The van der Waals surface area contributed by atoms with Gasteiger partial charge >= 0.3 is 0 Å². The quantitative estimate of drug-likeness (QED) is 0.567. The highest BCUT2D eigenvalue weighted by atomic mass is 35.5. The van der Waals surface area contributed by atoms with Crippen LogP contribution in [0, 0.1) is 5.82 Å². The summed E-state index contributed by atoms with van der Waals surface area (Å²) in [6, 6.07) is 11.6. The van der Waals surface area contributed by atoms with Crippen molar-refractivity contribution in [2.24, 2.45) is 0 Å². The standard InChI is InChI=1S/C19H14ClFN4O/c20-11-3-1-10(2-4-11)19(7-8-19)16-15(22)17-23-14-6-5-12(21)9-13(14)18(26)25(17)24-16/h1-6,9,23H,7-8,22H2. The minimum atomic E-state index is -0.470. The monoisotopic (exact) mass is 368 g/mol. The molecule has 1 saturated carbocycles. The number of nitrogen functional groups attached to an aromatic ring is 1. The van der Waals surface area contributed by atoms with E-state index in [1.54, 1.807) is 0 Å². The topological polar surface area (TPSA) is 76.2 Å². The zero-order valence-corrected chi connectivity index (χ0v) is 14.3. The van der Waals surface area contributed by atoms with Gasteiger partial charge < -0.3 is 10.7 Å². The number of nitrogens with one attached hydrogen (secondary N) is 1. The molecule has 0 atom stereocenters. The summed E-state index contributed by atoms with van der Waals surface area (Å²) in [6.07, 6.45) is 1.79. The molecule has 2 heterocycles. The Kier molecular flexibility index (Phi) is 3.01. The van der Waals surface area contributed by atoms with Crippen molar-refractivity contribution in [1.29, 1.82) is 0 Å². The van der Waals surface area contributed by atoms with Gasteiger partial charge in [-0.1, -0.05) is 23.7 Å². The Labute approximate surface area is 152 Å². The number of aromatic amines is 1. The molecular formula is C19H14ClFN4O. The molecule has 26 heavy (non-hydrogen) atoms. The third-order valence-electron chi connectivity index (χ3n) is 5.18. The number of H-pyrrole nitrogens is 1. The Bertz CT molecular complexity index is 1240. The van der Waals surface area contributed by atoms with Crippen LogP contribution in [0.25, 0.3) is 16.6 Å². The van der Waals surface area contributed by atoms with E-state index in [0.29, 0.717) is 27.6 Å². The summed E-state index contributed by atoms with van der Waals surface area (Å²) in [5.74, 6) is -0.470. The van der Waals surface area contributed by atoms with Gasteiger partial charge in [-0.05, 0) is 48.7 Å². The summed E-state index contributed by atoms with van der Waals surface area (Å²) < 4.78 is 14.8. The lowest BCUT2D eigenvalue weighted by Gasteiger charge is -2.13. The minimum absolute atomic E-state index is 0.239. The summed E-state index contributed by atoms with van der Waals surface area (Å²) in [7, 11) is 0. The van der Waals surface area contributed by atoms with Gasteiger partial charge in [-0.3, -0.25) is 4.79 Å². The Morgan fingerprint density at radius 3 is 2.62 bits per heavy atom. The minimum Gasteiger partial charge on any atom is -0.394 e.